The Kier molecular flexibility index (Phi) is 4.65. The van der Waals surface area contributed by atoms with Crippen LogP contribution in [0.3, 0.4) is 0 Å². The molecule has 14 heavy (non-hydrogen) atoms. The molecular formula is C10H15OPS2. The van der Waals surface area contributed by atoms with Crippen LogP contribution in [0, 0.1) is 6.92 Å². The molecule has 0 aliphatic rings. The maximum atomic E-state index is 5.47. The highest BCUT2D eigenvalue weighted by molar-refractivity contribution is 8.69. The van der Waals surface area contributed by atoms with Gasteiger partial charge in [0, 0.05) is 18.2 Å². The summed E-state index contributed by atoms with van der Waals surface area (Å²) in [5.74, 6) is 0. The second kappa shape index (κ2) is 5.32. The average molecular weight is 246 g/mol. The molecule has 4 heteroatoms. The summed E-state index contributed by atoms with van der Waals surface area (Å²) in [5.41, 5.74) is -0.394. The summed E-state index contributed by atoms with van der Waals surface area (Å²) in [5, 5.41) is 0. The third-order valence-corrected chi connectivity index (χ3v) is 8.60. The Bertz CT molecular complexity index is 326. The lowest BCUT2D eigenvalue weighted by Gasteiger charge is -2.17. The van der Waals surface area contributed by atoms with E-state index < -0.39 is 5.47 Å². The zero-order valence-corrected chi connectivity index (χ0v) is 11.2. The van der Waals surface area contributed by atoms with Crippen molar-refractivity contribution in [3.63, 3.8) is 0 Å². The lowest BCUT2D eigenvalue weighted by Crippen LogP contribution is -1.83. The number of benzene rings is 1. The number of hydrogen-bond donors (Lipinski definition) is 0. The zero-order valence-electron chi connectivity index (χ0n) is 8.69. The normalized spacial score (nSPS) is 15.1. The van der Waals surface area contributed by atoms with Crippen LogP contribution in [-0.4, -0.2) is 13.3 Å². The molecule has 1 aromatic rings. The van der Waals surface area contributed by atoms with Gasteiger partial charge in [-0.1, -0.05) is 47.8 Å². The van der Waals surface area contributed by atoms with Crippen LogP contribution in [0.4, 0.5) is 0 Å². The Morgan fingerprint density at radius 3 is 2.36 bits per heavy atom. The van der Waals surface area contributed by atoms with E-state index in [9.17, 15) is 0 Å². The van der Waals surface area contributed by atoms with E-state index >= 15 is 0 Å². The molecule has 0 aliphatic carbocycles. The summed E-state index contributed by atoms with van der Waals surface area (Å²) in [4.78, 5) is 1.21. The van der Waals surface area contributed by atoms with Gasteiger partial charge in [0.05, 0.1) is 0 Å². The molecule has 1 atom stereocenters. The maximum Gasteiger partial charge on any atom is 0.123 e. The molecule has 0 saturated carbocycles. The molecule has 1 unspecified atom stereocenters. The van der Waals surface area contributed by atoms with Gasteiger partial charge in [-0.05, 0) is 19.1 Å². The van der Waals surface area contributed by atoms with Crippen LogP contribution in [0.2, 0.25) is 0 Å². The van der Waals surface area contributed by atoms with Gasteiger partial charge in [0.15, 0.2) is 0 Å². The molecule has 1 aromatic carbocycles. The standard InChI is InChI=1S/C10H15OPS2/c1-4-12(13,11-3)14-10-7-5-9(2)6-8-10/h5-8H,4H2,1-3H3. The van der Waals surface area contributed by atoms with Gasteiger partial charge >= 0.3 is 0 Å². The number of aryl methyl sites for hydroxylation is 1. The summed E-state index contributed by atoms with van der Waals surface area (Å²) < 4.78 is 5.41. The van der Waals surface area contributed by atoms with Gasteiger partial charge in [0.25, 0.3) is 0 Å². The third kappa shape index (κ3) is 3.39. The average Bonchev–Trinajstić information content (AvgIpc) is 2.21. The SMILES string of the molecule is CCP(=S)(OC)Sc1ccc(C)cc1. The lowest BCUT2D eigenvalue weighted by atomic mass is 10.2. The van der Waals surface area contributed by atoms with Gasteiger partial charge in [-0.2, -0.15) is 0 Å². The van der Waals surface area contributed by atoms with E-state index in [1.54, 1.807) is 18.5 Å². The van der Waals surface area contributed by atoms with Gasteiger partial charge in [-0.15, -0.1) is 0 Å². The molecule has 0 bridgehead atoms. The molecule has 1 nitrogen and oxygen atoms in total. The van der Waals surface area contributed by atoms with E-state index in [1.807, 2.05) is 0 Å². The second-order valence-electron chi connectivity index (χ2n) is 3.01. The fourth-order valence-corrected chi connectivity index (χ4v) is 4.75. The molecule has 0 radical (unpaired) electrons. The Morgan fingerprint density at radius 2 is 1.93 bits per heavy atom. The van der Waals surface area contributed by atoms with Crippen LogP contribution < -0.4 is 0 Å². The predicted octanol–water partition coefficient (Wildman–Crippen LogP) is 4.06. The zero-order chi connectivity index (χ0) is 10.6. The third-order valence-electron chi connectivity index (χ3n) is 1.93. The molecule has 0 N–H and O–H groups in total. The van der Waals surface area contributed by atoms with Gasteiger partial charge in [0.2, 0.25) is 0 Å². The first-order valence-electron chi connectivity index (χ1n) is 4.50. The Hall–Kier alpha value is 0.180. The largest absolute Gasteiger partial charge is 0.344 e. The highest BCUT2D eigenvalue weighted by Gasteiger charge is 2.14. The van der Waals surface area contributed by atoms with Gasteiger partial charge < -0.3 is 4.52 Å². The predicted molar refractivity (Wildman–Crippen MR) is 68.9 cm³/mol. The highest BCUT2D eigenvalue weighted by Crippen LogP contribution is 2.62. The van der Waals surface area contributed by atoms with Gasteiger partial charge in [-0.25, -0.2) is 0 Å². The Morgan fingerprint density at radius 1 is 1.36 bits per heavy atom. The number of hydrogen-bond acceptors (Lipinski definition) is 3. The molecule has 0 aromatic heterocycles. The monoisotopic (exact) mass is 246 g/mol. The van der Waals surface area contributed by atoms with E-state index in [-0.39, 0.29) is 0 Å². The van der Waals surface area contributed by atoms with Crippen molar-refractivity contribution < 1.29 is 4.52 Å². The summed E-state index contributed by atoms with van der Waals surface area (Å²) in [6.07, 6.45) is 0.928. The van der Waals surface area contributed by atoms with E-state index in [1.165, 1.54) is 10.5 Å². The van der Waals surface area contributed by atoms with E-state index in [0.29, 0.717) is 0 Å². The van der Waals surface area contributed by atoms with Crippen molar-refractivity contribution in [2.75, 3.05) is 13.3 Å². The highest BCUT2D eigenvalue weighted by atomic mass is 32.9. The minimum absolute atomic E-state index is 0.928. The molecule has 0 fully saturated rings. The Labute approximate surface area is 95.1 Å². The van der Waals surface area contributed by atoms with Crippen LogP contribution in [0.5, 0.6) is 0 Å². The first kappa shape index (κ1) is 12.3. The van der Waals surface area contributed by atoms with Crippen LogP contribution in [0.1, 0.15) is 12.5 Å². The van der Waals surface area contributed by atoms with Crippen LogP contribution in [0.15, 0.2) is 29.2 Å². The van der Waals surface area contributed by atoms with Crippen molar-refractivity contribution in [3.8, 4) is 0 Å². The van der Waals surface area contributed by atoms with E-state index in [4.69, 9.17) is 16.3 Å². The minimum atomic E-state index is -1.67. The van der Waals surface area contributed by atoms with Crippen molar-refractivity contribution in [1.82, 2.24) is 0 Å². The second-order valence-corrected chi connectivity index (χ2v) is 10.7. The smallest absolute Gasteiger partial charge is 0.123 e. The van der Waals surface area contributed by atoms with Crippen molar-refractivity contribution in [2.24, 2.45) is 0 Å². The van der Waals surface area contributed by atoms with Crippen molar-refractivity contribution in [2.45, 2.75) is 18.7 Å². The molecular weight excluding hydrogens is 231 g/mol. The van der Waals surface area contributed by atoms with Gasteiger partial charge in [-0.3, -0.25) is 0 Å². The molecule has 78 valence electrons. The fraction of sp³-hybridized carbons (Fsp3) is 0.400. The Balaban J connectivity index is 2.78. The first-order chi connectivity index (χ1) is 6.59. The van der Waals surface area contributed by atoms with Crippen LogP contribution >= 0.6 is 16.8 Å². The van der Waals surface area contributed by atoms with Gasteiger partial charge in [0.1, 0.15) is 5.47 Å². The van der Waals surface area contributed by atoms with E-state index in [2.05, 4.69) is 38.1 Å². The van der Waals surface area contributed by atoms with Crippen LogP contribution in [-0.2, 0) is 16.3 Å². The summed E-state index contributed by atoms with van der Waals surface area (Å²) in [6.45, 7) is 4.17. The number of rotatable bonds is 4. The van der Waals surface area contributed by atoms with Crippen molar-refractivity contribution in [1.29, 1.82) is 0 Å². The maximum absolute atomic E-state index is 5.47. The fourth-order valence-electron chi connectivity index (χ4n) is 0.991. The topological polar surface area (TPSA) is 9.23 Å². The molecule has 0 amide bonds. The summed E-state index contributed by atoms with van der Waals surface area (Å²) in [6, 6.07) is 8.42. The molecule has 0 saturated heterocycles. The first-order valence-corrected chi connectivity index (χ1v) is 8.83. The van der Waals surface area contributed by atoms with Crippen LogP contribution in [0.25, 0.3) is 0 Å². The molecule has 1 rings (SSSR count). The van der Waals surface area contributed by atoms with Crippen molar-refractivity contribution >= 4 is 28.7 Å². The lowest BCUT2D eigenvalue weighted by molar-refractivity contribution is 0.471. The molecule has 0 spiro atoms. The van der Waals surface area contributed by atoms with E-state index in [0.717, 1.165) is 6.16 Å². The van der Waals surface area contributed by atoms with Crippen molar-refractivity contribution in [3.05, 3.63) is 29.8 Å². The quantitative estimate of drug-likeness (QED) is 0.741. The molecule has 0 aliphatic heterocycles. The molecule has 0 heterocycles. The summed E-state index contributed by atoms with van der Waals surface area (Å²) >= 11 is 7.17. The minimum Gasteiger partial charge on any atom is -0.344 e. The summed E-state index contributed by atoms with van der Waals surface area (Å²) in [7, 11) is 1.71.